The molecule has 18 heavy (non-hydrogen) atoms. The van der Waals surface area contributed by atoms with Crippen LogP contribution in [0.2, 0.25) is 0 Å². The number of hydrogen-bond acceptors (Lipinski definition) is 4. The third-order valence-electron chi connectivity index (χ3n) is 3.62. The number of nitrogens with one attached hydrogen (secondary N) is 1. The number of likely N-dealkylation sites (N-methyl/N-ethyl adjacent to an activating group) is 1. The second-order valence-electron chi connectivity index (χ2n) is 4.97. The SMILES string of the molecule is Cc1cc(N(C)C2CCCNC2)c(C#N)c(C)n1. The van der Waals surface area contributed by atoms with Crippen molar-refractivity contribution in [1.29, 1.82) is 5.26 Å². The third-order valence-corrected chi connectivity index (χ3v) is 3.62. The number of piperidine rings is 1. The van der Waals surface area contributed by atoms with Crippen LogP contribution in [0.4, 0.5) is 5.69 Å². The highest BCUT2D eigenvalue weighted by Crippen LogP contribution is 2.25. The second kappa shape index (κ2) is 5.36. The van der Waals surface area contributed by atoms with E-state index in [1.807, 2.05) is 19.9 Å². The Morgan fingerprint density at radius 1 is 1.50 bits per heavy atom. The molecule has 0 spiro atoms. The van der Waals surface area contributed by atoms with Gasteiger partial charge in [0.15, 0.2) is 0 Å². The van der Waals surface area contributed by atoms with Crippen LogP contribution in [0.5, 0.6) is 0 Å². The second-order valence-corrected chi connectivity index (χ2v) is 4.97. The fourth-order valence-corrected chi connectivity index (χ4v) is 2.59. The van der Waals surface area contributed by atoms with E-state index in [0.29, 0.717) is 11.6 Å². The summed E-state index contributed by atoms with van der Waals surface area (Å²) in [7, 11) is 2.08. The Labute approximate surface area is 109 Å². The van der Waals surface area contributed by atoms with Gasteiger partial charge in [-0.1, -0.05) is 0 Å². The van der Waals surface area contributed by atoms with Gasteiger partial charge in [-0.2, -0.15) is 5.26 Å². The number of aryl methyl sites for hydroxylation is 2. The van der Waals surface area contributed by atoms with E-state index >= 15 is 0 Å². The van der Waals surface area contributed by atoms with Crippen molar-refractivity contribution in [3.05, 3.63) is 23.0 Å². The molecule has 2 rings (SSSR count). The molecule has 4 nitrogen and oxygen atoms in total. The zero-order valence-corrected chi connectivity index (χ0v) is 11.3. The minimum atomic E-state index is 0.465. The topological polar surface area (TPSA) is 52.0 Å². The van der Waals surface area contributed by atoms with E-state index in [1.165, 1.54) is 12.8 Å². The summed E-state index contributed by atoms with van der Waals surface area (Å²) in [6.07, 6.45) is 2.37. The molecule has 1 N–H and O–H groups in total. The molecule has 0 saturated carbocycles. The normalized spacial score (nSPS) is 19.3. The van der Waals surface area contributed by atoms with Crippen molar-refractivity contribution in [1.82, 2.24) is 10.3 Å². The van der Waals surface area contributed by atoms with Gasteiger partial charge in [-0.05, 0) is 39.3 Å². The lowest BCUT2D eigenvalue weighted by molar-refractivity contribution is 0.445. The first kappa shape index (κ1) is 12.8. The molecular weight excluding hydrogens is 224 g/mol. The van der Waals surface area contributed by atoms with Crippen LogP contribution >= 0.6 is 0 Å². The predicted molar refractivity (Wildman–Crippen MR) is 72.7 cm³/mol. The lowest BCUT2D eigenvalue weighted by Gasteiger charge is -2.34. The summed E-state index contributed by atoms with van der Waals surface area (Å²) in [5, 5.41) is 12.7. The van der Waals surface area contributed by atoms with Crippen LogP contribution in [-0.2, 0) is 0 Å². The van der Waals surface area contributed by atoms with Crippen molar-refractivity contribution >= 4 is 5.69 Å². The van der Waals surface area contributed by atoms with Crippen molar-refractivity contribution < 1.29 is 0 Å². The largest absolute Gasteiger partial charge is 0.369 e. The maximum atomic E-state index is 9.31. The molecule has 0 aliphatic carbocycles. The number of nitrogens with zero attached hydrogens (tertiary/aromatic N) is 3. The first-order valence-corrected chi connectivity index (χ1v) is 6.45. The highest BCUT2D eigenvalue weighted by Gasteiger charge is 2.21. The van der Waals surface area contributed by atoms with Gasteiger partial charge in [0, 0.05) is 25.3 Å². The maximum absolute atomic E-state index is 9.31. The van der Waals surface area contributed by atoms with Crippen LogP contribution in [-0.4, -0.2) is 31.2 Å². The van der Waals surface area contributed by atoms with Crippen molar-refractivity contribution in [3.8, 4) is 6.07 Å². The predicted octanol–water partition coefficient (Wildman–Crippen LogP) is 1.76. The summed E-state index contributed by atoms with van der Waals surface area (Å²) >= 11 is 0. The number of hydrogen-bond donors (Lipinski definition) is 1. The van der Waals surface area contributed by atoms with Crippen LogP contribution in [0, 0.1) is 25.2 Å². The first-order chi connectivity index (χ1) is 8.63. The molecule has 1 atom stereocenters. The molecule has 2 heterocycles. The molecule has 0 aromatic carbocycles. The molecule has 1 aromatic heterocycles. The van der Waals surface area contributed by atoms with E-state index in [-0.39, 0.29) is 0 Å². The molecule has 1 aromatic rings. The van der Waals surface area contributed by atoms with Crippen LogP contribution in [0.1, 0.15) is 29.8 Å². The van der Waals surface area contributed by atoms with Gasteiger partial charge in [0.05, 0.1) is 16.9 Å². The van der Waals surface area contributed by atoms with Crippen LogP contribution < -0.4 is 10.2 Å². The van der Waals surface area contributed by atoms with E-state index < -0.39 is 0 Å². The maximum Gasteiger partial charge on any atom is 0.103 e. The van der Waals surface area contributed by atoms with Gasteiger partial charge in [-0.25, -0.2) is 0 Å². The molecule has 1 aliphatic heterocycles. The quantitative estimate of drug-likeness (QED) is 0.861. The first-order valence-electron chi connectivity index (χ1n) is 6.45. The van der Waals surface area contributed by atoms with Gasteiger partial charge in [0.25, 0.3) is 0 Å². The van der Waals surface area contributed by atoms with E-state index in [4.69, 9.17) is 0 Å². The summed E-state index contributed by atoms with van der Waals surface area (Å²) < 4.78 is 0. The lowest BCUT2D eigenvalue weighted by Crippen LogP contribution is -2.44. The van der Waals surface area contributed by atoms with Gasteiger partial charge >= 0.3 is 0 Å². The zero-order chi connectivity index (χ0) is 13.1. The molecule has 96 valence electrons. The molecular formula is C14H20N4. The summed E-state index contributed by atoms with van der Waals surface area (Å²) in [6, 6.07) is 4.77. The Kier molecular flexibility index (Phi) is 3.83. The molecule has 4 heteroatoms. The average Bonchev–Trinajstić information content (AvgIpc) is 2.38. The van der Waals surface area contributed by atoms with Gasteiger partial charge in [0.1, 0.15) is 6.07 Å². The molecule has 0 amide bonds. The van der Waals surface area contributed by atoms with Crippen molar-refractivity contribution in [3.63, 3.8) is 0 Å². The monoisotopic (exact) mass is 244 g/mol. The summed E-state index contributed by atoms with van der Waals surface area (Å²) in [6.45, 7) is 5.97. The highest BCUT2D eigenvalue weighted by atomic mass is 15.2. The number of rotatable bonds is 2. The Morgan fingerprint density at radius 2 is 2.28 bits per heavy atom. The fraction of sp³-hybridized carbons (Fsp3) is 0.571. The number of nitriles is 1. The van der Waals surface area contributed by atoms with Gasteiger partial charge in [-0.15, -0.1) is 0 Å². The highest BCUT2D eigenvalue weighted by molar-refractivity contribution is 5.61. The Balaban J connectivity index is 2.34. The van der Waals surface area contributed by atoms with E-state index in [0.717, 1.165) is 30.2 Å². The molecule has 0 bridgehead atoms. The number of pyridine rings is 1. The molecule has 0 radical (unpaired) electrons. The smallest absolute Gasteiger partial charge is 0.103 e. The average molecular weight is 244 g/mol. The zero-order valence-electron chi connectivity index (χ0n) is 11.3. The van der Waals surface area contributed by atoms with E-state index in [1.54, 1.807) is 0 Å². The Bertz CT molecular complexity index is 469. The molecule has 1 aliphatic rings. The van der Waals surface area contributed by atoms with Crippen LogP contribution in [0.3, 0.4) is 0 Å². The fourth-order valence-electron chi connectivity index (χ4n) is 2.59. The summed E-state index contributed by atoms with van der Waals surface area (Å²) in [5.41, 5.74) is 3.50. The molecule has 1 unspecified atom stereocenters. The van der Waals surface area contributed by atoms with Crippen LogP contribution in [0.15, 0.2) is 6.07 Å². The van der Waals surface area contributed by atoms with Crippen LogP contribution in [0.25, 0.3) is 0 Å². The lowest BCUT2D eigenvalue weighted by atomic mass is 10.0. The number of aromatic nitrogens is 1. The van der Waals surface area contributed by atoms with Crippen molar-refractivity contribution in [2.75, 3.05) is 25.0 Å². The van der Waals surface area contributed by atoms with Gasteiger partial charge < -0.3 is 10.2 Å². The summed E-state index contributed by atoms with van der Waals surface area (Å²) in [4.78, 5) is 6.60. The number of anilines is 1. The van der Waals surface area contributed by atoms with E-state index in [2.05, 4.69) is 28.3 Å². The minimum Gasteiger partial charge on any atom is -0.369 e. The van der Waals surface area contributed by atoms with E-state index in [9.17, 15) is 5.26 Å². The van der Waals surface area contributed by atoms with Crippen molar-refractivity contribution in [2.24, 2.45) is 0 Å². The summed E-state index contributed by atoms with van der Waals surface area (Å²) in [5.74, 6) is 0. The standard InChI is InChI=1S/C14H20N4/c1-10-7-14(13(8-15)11(2)17-10)18(3)12-5-4-6-16-9-12/h7,12,16H,4-6,9H2,1-3H3. The van der Waals surface area contributed by atoms with Crippen molar-refractivity contribution in [2.45, 2.75) is 32.7 Å². The van der Waals surface area contributed by atoms with Gasteiger partial charge in [0.2, 0.25) is 0 Å². The molecule has 1 fully saturated rings. The Morgan fingerprint density at radius 3 is 2.89 bits per heavy atom. The van der Waals surface area contributed by atoms with Gasteiger partial charge in [-0.3, -0.25) is 4.98 Å². The minimum absolute atomic E-state index is 0.465. The third kappa shape index (κ3) is 2.46. The molecule has 1 saturated heterocycles. The Hall–Kier alpha value is -1.60.